The van der Waals surface area contributed by atoms with E-state index in [-0.39, 0.29) is 11.8 Å². The van der Waals surface area contributed by atoms with Gasteiger partial charge in [-0.15, -0.1) is 0 Å². The van der Waals surface area contributed by atoms with E-state index in [0.717, 1.165) is 42.7 Å². The van der Waals surface area contributed by atoms with Gasteiger partial charge in [0, 0.05) is 31.6 Å². The van der Waals surface area contributed by atoms with Crippen molar-refractivity contribution in [2.45, 2.75) is 25.8 Å². The number of hydrogen-bond donors (Lipinski definition) is 0. The van der Waals surface area contributed by atoms with Crippen LogP contribution in [0.2, 0.25) is 0 Å². The zero-order valence-corrected chi connectivity index (χ0v) is 16.3. The fourth-order valence-electron chi connectivity index (χ4n) is 4.29. The third kappa shape index (κ3) is 3.46. The molecule has 2 aliphatic rings. The van der Waals surface area contributed by atoms with E-state index in [4.69, 9.17) is 4.74 Å². The summed E-state index contributed by atoms with van der Waals surface area (Å²) in [5, 5.41) is 3.80. The highest BCUT2D eigenvalue weighted by Gasteiger charge is 2.49. The Morgan fingerprint density at radius 1 is 1.26 bits per heavy atom. The van der Waals surface area contributed by atoms with Crippen molar-refractivity contribution in [1.29, 1.82) is 0 Å². The van der Waals surface area contributed by atoms with Gasteiger partial charge < -0.3 is 14.5 Å². The van der Waals surface area contributed by atoms with Crippen LogP contribution in [0.4, 0.5) is 0 Å². The van der Waals surface area contributed by atoms with Crippen LogP contribution in [0.15, 0.2) is 41.1 Å². The van der Waals surface area contributed by atoms with E-state index in [0.29, 0.717) is 19.6 Å². The molecule has 0 saturated carbocycles. The lowest BCUT2D eigenvalue weighted by Gasteiger charge is -2.39. The molecule has 0 N–H and O–H groups in total. The van der Waals surface area contributed by atoms with Crippen LogP contribution >= 0.6 is 11.3 Å². The summed E-state index contributed by atoms with van der Waals surface area (Å²) in [4.78, 5) is 29.8. The van der Waals surface area contributed by atoms with Crippen LogP contribution in [0.1, 0.15) is 35.2 Å². The first kappa shape index (κ1) is 18.0. The molecule has 1 atom stereocenters. The molecular weight excluding hydrogens is 360 g/mol. The predicted octanol–water partition coefficient (Wildman–Crippen LogP) is 3.41. The van der Waals surface area contributed by atoms with Crippen molar-refractivity contribution in [3.63, 3.8) is 0 Å². The van der Waals surface area contributed by atoms with Gasteiger partial charge in [0.15, 0.2) is 0 Å². The number of carbonyl (C=O) groups is 2. The molecule has 5 nitrogen and oxygen atoms in total. The van der Waals surface area contributed by atoms with E-state index < -0.39 is 5.41 Å². The average molecular weight is 385 g/mol. The maximum absolute atomic E-state index is 13.3. The second-order valence-corrected chi connectivity index (χ2v) is 8.23. The van der Waals surface area contributed by atoms with Gasteiger partial charge in [-0.2, -0.15) is 11.3 Å². The van der Waals surface area contributed by atoms with Gasteiger partial charge in [-0.25, -0.2) is 0 Å². The van der Waals surface area contributed by atoms with Gasteiger partial charge in [0.05, 0.1) is 18.1 Å². The zero-order valence-electron chi connectivity index (χ0n) is 15.5. The fourth-order valence-corrected chi connectivity index (χ4v) is 4.92. The Morgan fingerprint density at radius 2 is 2.15 bits per heavy atom. The van der Waals surface area contributed by atoms with E-state index in [1.165, 1.54) is 11.3 Å². The smallest absolute Gasteiger partial charge is 0.254 e. The van der Waals surface area contributed by atoms with Crippen LogP contribution < -0.4 is 4.74 Å². The Balaban J connectivity index is 1.47. The molecule has 0 unspecified atom stereocenters. The van der Waals surface area contributed by atoms with Gasteiger partial charge >= 0.3 is 0 Å². The van der Waals surface area contributed by atoms with Crippen molar-refractivity contribution in [3.8, 4) is 5.75 Å². The summed E-state index contributed by atoms with van der Waals surface area (Å²) in [6.07, 6.45) is 2.61. The number of carbonyl (C=O) groups excluding carboxylic acids is 2. The Bertz CT molecular complexity index is 836. The number of likely N-dealkylation sites (tertiary alicyclic amines) is 2. The Labute approximate surface area is 163 Å². The SMILES string of the molecule is COc1cccc(CN2CCC[C@@]3(CCN(C(=O)c4ccsc4)C3)C2=O)c1. The van der Waals surface area contributed by atoms with Gasteiger partial charge in [-0.1, -0.05) is 12.1 Å². The molecule has 6 heteroatoms. The average Bonchev–Trinajstić information content (AvgIpc) is 3.36. The molecule has 2 amide bonds. The number of thiophene rings is 1. The summed E-state index contributed by atoms with van der Waals surface area (Å²) in [7, 11) is 1.65. The Morgan fingerprint density at radius 3 is 2.93 bits per heavy atom. The van der Waals surface area contributed by atoms with E-state index >= 15 is 0 Å². The van der Waals surface area contributed by atoms with E-state index in [1.807, 2.05) is 50.9 Å². The number of benzene rings is 1. The largest absolute Gasteiger partial charge is 0.497 e. The standard InChI is InChI=1S/C21H24N2O3S/c1-26-18-5-2-4-16(12-18)13-22-9-3-7-21(20(22)25)8-10-23(15-21)19(24)17-6-11-27-14-17/h2,4-6,11-12,14H,3,7-10,13,15H2,1H3/t21-/m0/s1. The number of amides is 2. The molecule has 3 heterocycles. The molecule has 142 valence electrons. The first-order valence-corrected chi connectivity index (χ1v) is 10.3. The minimum Gasteiger partial charge on any atom is -0.497 e. The molecule has 27 heavy (non-hydrogen) atoms. The number of rotatable bonds is 4. The Hall–Kier alpha value is -2.34. The van der Waals surface area contributed by atoms with Crippen molar-refractivity contribution in [2.75, 3.05) is 26.7 Å². The molecule has 0 radical (unpaired) electrons. The lowest BCUT2D eigenvalue weighted by atomic mass is 9.78. The highest BCUT2D eigenvalue weighted by molar-refractivity contribution is 7.08. The van der Waals surface area contributed by atoms with Crippen LogP contribution in [0.5, 0.6) is 5.75 Å². The summed E-state index contributed by atoms with van der Waals surface area (Å²) in [5.41, 5.74) is 1.39. The Kier molecular flexibility index (Phi) is 4.91. The van der Waals surface area contributed by atoms with Crippen LogP contribution in [-0.2, 0) is 11.3 Å². The van der Waals surface area contributed by atoms with Crippen LogP contribution in [-0.4, -0.2) is 48.4 Å². The molecule has 2 aliphatic heterocycles. The van der Waals surface area contributed by atoms with Crippen LogP contribution in [0.3, 0.4) is 0 Å². The fraction of sp³-hybridized carbons (Fsp3) is 0.429. The van der Waals surface area contributed by atoms with E-state index in [2.05, 4.69) is 0 Å². The number of hydrogen-bond acceptors (Lipinski definition) is 4. The molecule has 2 saturated heterocycles. The predicted molar refractivity (Wildman–Crippen MR) is 105 cm³/mol. The van der Waals surface area contributed by atoms with Crippen molar-refractivity contribution in [2.24, 2.45) is 5.41 Å². The van der Waals surface area contributed by atoms with Crippen molar-refractivity contribution in [3.05, 3.63) is 52.2 Å². The molecule has 4 rings (SSSR count). The lowest BCUT2D eigenvalue weighted by Crippen LogP contribution is -2.50. The van der Waals surface area contributed by atoms with Crippen molar-refractivity contribution in [1.82, 2.24) is 9.80 Å². The number of nitrogens with zero attached hydrogens (tertiary/aromatic N) is 2. The summed E-state index contributed by atoms with van der Waals surface area (Å²) < 4.78 is 5.29. The molecule has 0 bridgehead atoms. The topological polar surface area (TPSA) is 49.9 Å². The monoisotopic (exact) mass is 384 g/mol. The number of ether oxygens (including phenoxy) is 1. The summed E-state index contributed by atoms with van der Waals surface area (Å²) in [5.74, 6) is 1.04. The van der Waals surface area contributed by atoms with Gasteiger partial charge in [-0.3, -0.25) is 9.59 Å². The first-order chi connectivity index (χ1) is 13.1. The highest BCUT2D eigenvalue weighted by Crippen LogP contribution is 2.41. The maximum Gasteiger partial charge on any atom is 0.254 e. The van der Waals surface area contributed by atoms with Crippen LogP contribution in [0.25, 0.3) is 0 Å². The van der Waals surface area contributed by atoms with Crippen molar-refractivity contribution >= 4 is 23.2 Å². The summed E-state index contributed by atoms with van der Waals surface area (Å²) in [6, 6.07) is 9.73. The summed E-state index contributed by atoms with van der Waals surface area (Å²) in [6.45, 7) is 2.56. The minimum absolute atomic E-state index is 0.0471. The van der Waals surface area contributed by atoms with Crippen LogP contribution in [0, 0.1) is 5.41 Å². The molecule has 0 aliphatic carbocycles. The minimum atomic E-state index is -0.414. The summed E-state index contributed by atoms with van der Waals surface area (Å²) >= 11 is 1.53. The molecule has 1 aromatic carbocycles. The molecule has 1 aromatic heterocycles. The molecule has 1 spiro atoms. The molecule has 2 fully saturated rings. The van der Waals surface area contributed by atoms with E-state index in [1.54, 1.807) is 7.11 Å². The third-order valence-electron chi connectivity index (χ3n) is 5.74. The van der Waals surface area contributed by atoms with Crippen molar-refractivity contribution < 1.29 is 14.3 Å². The van der Waals surface area contributed by atoms with Gasteiger partial charge in [0.25, 0.3) is 5.91 Å². The van der Waals surface area contributed by atoms with Gasteiger partial charge in [0.1, 0.15) is 5.75 Å². The quantitative estimate of drug-likeness (QED) is 0.812. The second kappa shape index (κ2) is 7.35. The molecular formula is C21H24N2O3S. The second-order valence-electron chi connectivity index (χ2n) is 7.45. The lowest BCUT2D eigenvalue weighted by molar-refractivity contribution is -0.146. The highest BCUT2D eigenvalue weighted by atomic mass is 32.1. The number of piperidine rings is 1. The number of methoxy groups -OCH3 is 1. The van der Waals surface area contributed by atoms with E-state index in [9.17, 15) is 9.59 Å². The van der Waals surface area contributed by atoms with Gasteiger partial charge in [0.2, 0.25) is 5.91 Å². The normalized spacial score (nSPS) is 22.5. The van der Waals surface area contributed by atoms with Gasteiger partial charge in [-0.05, 0) is 48.4 Å². The zero-order chi connectivity index (χ0) is 18.9. The first-order valence-electron chi connectivity index (χ1n) is 9.35. The molecule has 2 aromatic rings. The third-order valence-corrected chi connectivity index (χ3v) is 6.42. The maximum atomic E-state index is 13.3.